The Balaban J connectivity index is 1.45. The van der Waals surface area contributed by atoms with Crippen molar-refractivity contribution < 1.29 is 14.3 Å². The summed E-state index contributed by atoms with van der Waals surface area (Å²) in [6, 6.07) is 0. The lowest BCUT2D eigenvalue weighted by Gasteiger charge is -2.33. The van der Waals surface area contributed by atoms with E-state index < -0.39 is 0 Å². The molecule has 1 saturated heterocycles. The molecule has 1 aliphatic heterocycles. The molecule has 2 fully saturated rings. The summed E-state index contributed by atoms with van der Waals surface area (Å²) in [5.74, 6) is 0.306. The number of carbonyl (C=O) groups excluding carboxylic acids is 1. The number of hydrogen-bond donors (Lipinski definition) is 1. The standard InChI is InChI=1S/C18H28N4O4/c1-21-8-7-19-17(18(21)24)20-11-15-12-22(9-10-25-15)16(23)13-26-14-5-3-2-4-6-14/h7-8,14-15H,2-6,9-13H2,1H3,(H,19,20)/t15-/m1/s1. The first-order valence-electron chi connectivity index (χ1n) is 9.40. The fourth-order valence-corrected chi connectivity index (χ4v) is 3.41. The van der Waals surface area contributed by atoms with E-state index in [1.807, 2.05) is 0 Å². The van der Waals surface area contributed by atoms with Crippen LogP contribution in [-0.4, -0.2) is 65.4 Å². The lowest BCUT2D eigenvalue weighted by Crippen LogP contribution is -2.49. The van der Waals surface area contributed by atoms with Crippen molar-refractivity contribution in [3.63, 3.8) is 0 Å². The lowest BCUT2D eigenvalue weighted by atomic mass is 9.98. The molecule has 0 unspecified atom stereocenters. The summed E-state index contributed by atoms with van der Waals surface area (Å²) in [7, 11) is 1.68. The first kappa shape index (κ1) is 18.8. The molecule has 2 aliphatic rings. The Labute approximate surface area is 153 Å². The van der Waals surface area contributed by atoms with Crippen molar-refractivity contribution in [2.45, 2.75) is 44.3 Å². The highest BCUT2D eigenvalue weighted by Crippen LogP contribution is 2.20. The normalized spacial score (nSPS) is 21.6. The zero-order chi connectivity index (χ0) is 18.4. The minimum absolute atomic E-state index is 0.0117. The van der Waals surface area contributed by atoms with Crippen LogP contribution in [0.4, 0.5) is 5.82 Å². The van der Waals surface area contributed by atoms with Gasteiger partial charge in [0.2, 0.25) is 5.91 Å². The van der Waals surface area contributed by atoms with Gasteiger partial charge in [0.05, 0.1) is 18.8 Å². The topological polar surface area (TPSA) is 85.7 Å². The minimum Gasteiger partial charge on any atom is -0.373 e. The summed E-state index contributed by atoms with van der Waals surface area (Å²) >= 11 is 0. The van der Waals surface area contributed by atoms with E-state index >= 15 is 0 Å². The van der Waals surface area contributed by atoms with Gasteiger partial charge in [-0.3, -0.25) is 9.59 Å². The minimum atomic E-state index is -0.183. The molecule has 1 saturated carbocycles. The second kappa shape index (κ2) is 9.14. The first-order valence-corrected chi connectivity index (χ1v) is 9.40. The van der Waals surface area contributed by atoms with Crippen LogP contribution in [0.1, 0.15) is 32.1 Å². The number of aryl methyl sites for hydroxylation is 1. The van der Waals surface area contributed by atoms with E-state index in [9.17, 15) is 9.59 Å². The quantitative estimate of drug-likeness (QED) is 0.802. The monoisotopic (exact) mass is 364 g/mol. The van der Waals surface area contributed by atoms with Crippen LogP contribution in [-0.2, 0) is 21.3 Å². The van der Waals surface area contributed by atoms with Crippen molar-refractivity contribution in [2.75, 3.05) is 38.2 Å². The molecule has 1 amide bonds. The molecule has 0 aromatic carbocycles. The van der Waals surface area contributed by atoms with E-state index in [2.05, 4.69) is 10.3 Å². The largest absolute Gasteiger partial charge is 0.373 e. The summed E-state index contributed by atoms with van der Waals surface area (Å²) in [5, 5.41) is 3.03. The van der Waals surface area contributed by atoms with Crippen molar-refractivity contribution in [3.8, 4) is 0 Å². The Morgan fingerprint density at radius 2 is 2.19 bits per heavy atom. The Morgan fingerprint density at radius 1 is 1.38 bits per heavy atom. The molecule has 1 aliphatic carbocycles. The van der Waals surface area contributed by atoms with E-state index in [-0.39, 0.29) is 30.3 Å². The summed E-state index contributed by atoms with van der Waals surface area (Å²) < 4.78 is 13.0. The van der Waals surface area contributed by atoms with E-state index in [0.717, 1.165) is 12.8 Å². The van der Waals surface area contributed by atoms with Crippen LogP contribution < -0.4 is 10.9 Å². The molecule has 1 atom stereocenters. The maximum atomic E-state index is 12.4. The number of carbonyl (C=O) groups is 1. The van der Waals surface area contributed by atoms with Crippen LogP contribution in [0, 0.1) is 0 Å². The van der Waals surface area contributed by atoms with Crippen LogP contribution >= 0.6 is 0 Å². The van der Waals surface area contributed by atoms with Gasteiger partial charge in [-0.2, -0.15) is 0 Å². The Hall–Kier alpha value is -1.93. The predicted octanol–water partition coefficient (Wildman–Crippen LogP) is 0.769. The van der Waals surface area contributed by atoms with Gasteiger partial charge in [-0.15, -0.1) is 0 Å². The Morgan fingerprint density at radius 3 is 3.00 bits per heavy atom. The second-order valence-electron chi connectivity index (χ2n) is 6.98. The van der Waals surface area contributed by atoms with Gasteiger partial charge in [0, 0.05) is 39.1 Å². The van der Waals surface area contributed by atoms with Crippen LogP contribution in [0.2, 0.25) is 0 Å². The van der Waals surface area contributed by atoms with Crippen molar-refractivity contribution >= 4 is 11.7 Å². The molecule has 0 radical (unpaired) electrons. The van der Waals surface area contributed by atoms with Crippen molar-refractivity contribution in [3.05, 3.63) is 22.7 Å². The first-order chi connectivity index (χ1) is 12.6. The molecule has 26 heavy (non-hydrogen) atoms. The highest BCUT2D eigenvalue weighted by molar-refractivity contribution is 5.77. The van der Waals surface area contributed by atoms with E-state index in [0.29, 0.717) is 32.1 Å². The summed E-state index contributed by atoms with van der Waals surface area (Å²) in [6.07, 6.45) is 9.01. The fraction of sp³-hybridized carbons (Fsp3) is 0.722. The van der Waals surface area contributed by atoms with Gasteiger partial charge < -0.3 is 24.3 Å². The third-order valence-electron chi connectivity index (χ3n) is 5.00. The number of anilines is 1. The van der Waals surface area contributed by atoms with Gasteiger partial charge in [0.25, 0.3) is 5.56 Å². The SMILES string of the molecule is Cn1ccnc(NC[C@@H]2CN(C(=O)COC3CCCCC3)CCO2)c1=O. The lowest BCUT2D eigenvalue weighted by molar-refractivity contribution is -0.145. The highest BCUT2D eigenvalue weighted by Gasteiger charge is 2.25. The fourth-order valence-electron chi connectivity index (χ4n) is 3.41. The summed E-state index contributed by atoms with van der Waals surface area (Å²) in [6.45, 7) is 2.13. The number of rotatable bonds is 6. The Bertz CT molecular complexity index is 657. The van der Waals surface area contributed by atoms with Gasteiger partial charge in [0.1, 0.15) is 6.61 Å². The van der Waals surface area contributed by atoms with Gasteiger partial charge in [0.15, 0.2) is 5.82 Å². The predicted molar refractivity (Wildman–Crippen MR) is 97.1 cm³/mol. The third kappa shape index (κ3) is 5.04. The molecule has 3 rings (SSSR count). The van der Waals surface area contributed by atoms with E-state index in [1.54, 1.807) is 24.3 Å². The molecule has 0 spiro atoms. The maximum absolute atomic E-state index is 12.4. The molecule has 1 N–H and O–H groups in total. The second-order valence-corrected chi connectivity index (χ2v) is 6.98. The van der Waals surface area contributed by atoms with E-state index in [4.69, 9.17) is 9.47 Å². The number of ether oxygens (including phenoxy) is 2. The summed E-state index contributed by atoms with van der Waals surface area (Å²) in [4.78, 5) is 30.2. The molecule has 8 nitrogen and oxygen atoms in total. The van der Waals surface area contributed by atoms with Gasteiger partial charge in [-0.25, -0.2) is 4.98 Å². The maximum Gasteiger partial charge on any atom is 0.293 e. The van der Waals surface area contributed by atoms with Crippen LogP contribution in [0.3, 0.4) is 0 Å². The van der Waals surface area contributed by atoms with Crippen molar-refractivity contribution in [1.82, 2.24) is 14.5 Å². The Kier molecular flexibility index (Phi) is 6.62. The summed E-state index contributed by atoms with van der Waals surface area (Å²) in [5.41, 5.74) is -0.183. The highest BCUT2D eigenvalue weighted by atomic mass is 16.5. The number of nitrogens with zero attached hydrogens (tertiary/aromatic N) is 3. The zero-order valence-corrected chi connectivity index (χ0v) is 15.4. The molecule has 8 heteroatoms. The third-order valence-corrected chi connectivity index (χ3v) is 5.00. The molecule has 0 bridgehead atoms. The number of aromatic nitrogens is 2. The van der Waals surface area contributed by atoms with Gasteiger partial charge in [-0.1, -0.05) is 19.3 Å². The van der Waals surface area contributed by atoms with E-state index in [1.165, 1.54) is 23.8 Å². The zero-order valence-electron chi connectivity index (χ0n) is 15.4. The van der Waals surface area contributed by atoms with Gasteiger partial charge >= 0.3 is 0 Å². The molecular formula is C18H28N4O4. The molecule has 1 aromatic rings. The van der Waals surface area contributed by atoms with Crippen LogP contribution in [0.5, 0.6) is 0 Å². The molecule has 1 aromatic heterocycles. The smallest absolute Gasteiger partial charge is 0.293 e. The van der Waals surface area contributed by atoms with Crippen molar-refractivity contribution in [2.24, 2.45) is 7.05 Å². The van der Waals surface area contributed by atoms with Crippen LogP contribution in [0.25, 0.3) is 0 Å². The van der Waals surface area contributed by atoms with Crippen molar-refractivity contribution in [1.29, 1.82) is 0 Å². The average molecular weight is 364 g/mol. The molecule has 144 valence electrons. The number of amides is 1. The molecule has 2 heterocycles. The number of hydrogen-bond acceptors (Lipinski definition) is 6. The number of nitrogens with one attached hydrogen (secondary N) is 1. The average Bonchev–Trinajstić information content (AvgIpc) is 2.68. The molecular weight excluding hydrogens is 336 g/mol. The van der Waals surface area contributed by atoms with Gasteiger partial charge in [-0.05, 0) is 12.8 Å². The van der Waals surface area contributed by atoms with Crippen LogP contribution in [0.15, 0.2) is 17.2 Å². The number of morpholine rings is 1.